The molecule has 0 aliphatic rings. The first-order valence-corrected chi connectivity index (χ1v) is 6.88. The van der Waals surface area contributed by atoms with Crippen LogP contribution in [-0.2, 0) is 10.3 Å². The van der Waals surface area contributed by atoms with E-state index in [4.69, 9.17) is 28.9 Å². The molecule has 2 rings (SSSR count). The van der Waals surface area contributed by atoms with Crippen LogP contribution in [0.3, 0.4) is 0 Å². The molecule has 3 N–H and O–H groups in total. The smallest absolute Gasteiger partial charge is 0.247 e. The Morgan fingerprint density at radius 3 is 2.43 bits per heavy atom. The van der Waals surface area contributed by atoms with E-state index in [0.29, 0.717) is 10.6 Å². The van der Waals surface area contributed by atoms with Gasteiger partial charge in [-0.1, -0.05) is 41.4 Å². The zero-order valence-electron chi connectivity index (χ0n) is 11.2. The fourth-order valence-corrected chi connectivity index (χ4v) is 2.21. The summed E-state index contributed by atoms with van der Waals surface area (Å²) in [6.07, 6.45) is 0. The normalized spacial score (nSPS) is 13.5. The van der Waals surface area contributed by atoms with E-state index in [1.807, 2.05) is 0 Å². The molecule has 6 heteroatoms. The Labute approximate surface area is 131 Å². The molecule has 0 aromatic heterocycles. The van der Waals surface area contributed by atoms with Crippen LogP contribution in [0.4, 0.5) is 10.1 Å². The number of anilines is 1. The van der Waals surface area contributed by atoms with Crippen molar-refractivity contribution in [1.29, 1.82) is 0 Å². The molecular formula is C15H13Cl2FN2O. The summed E-state index contributed by atoms with van der Waals surface area (Å²) in [6, 6.07) is 10.7. The number of nitrogens with one attached hydrogen (secondary N) is 1. The molecule has 0 saturated carbocycles. The van der Waals surface area contributed by atoms with Crippen LogP contribution in [-0.4, -0.2) is 5.91 Å². The minimum atomic E-state index is -1.32. The van der Waals surface area contributed by atoms with Crippen molar-refractivity contribution in [3.05, 3.63) is 63.9 Å². The van der Waals surface area contributed by atoms with Gasteiger partial charge >= 0.3 is 0 Å². The molecule has 0 heterocycles. The summed E-state index contributed by atoms with van der Waals surface area (Å²) in [5.41, 5.74) is 4.83. The second kappa shape index (κ2) is 5.92. The van der Waals surface area contributed by atoms with E-state index < -0.39 is 17.3 Å². The fourth-order valence-electron chi connectivity index (χ4n) is 1.92. The van der Waals surface area contributed by atoms with E-state index >= 15 is 0 Å². The molecule has 0 bridgehead atoms. The van der Waals surface area contributed by atoms with Crippen LogP contribution in [0.25, 0.3) is 0 Å². The Balaban J connectivity index is 2.48. The van der Waals surface area contributed by atoms with Crippen molar-refractivity contribution < 1.29 is 9.18 Å². The number of hydrogen-bond acceptors (Lipinski definition) is 2. The molecule has 2 aromatic rings. The molecule has 0 fully saturated rings. The summed E-state index contributed by atoms with van der Waals surface area (Å²) in [4.78, 5) is 11.9. The van der Waals surface area contributed by atoms with Crippen molar-refractivity contribution in [2.75, 3.05) is 5.32 Å². The molecule has 0 aliphatic heterocycles. The number of halogens is 3. The van der Waals surface area contributed by atoms with Crippen molar-refractivity contribution in [2.24, 2.45) is 5.73 Å². The highest BCUT2D eigenvalue weighted by Gasteiger charge is 2.34. The van der Waals surface area contributed by atoms with E-state index in [0.717, 1.165) is 0 Å². The first-order valence-electron chi connectivity index (χ1n) is 6.13. The van der Waals surface area contributed by atoms with Gasteiger partial charge in [-0.3, -0.25) is 4.79 Å². The first-order chi connectivity index (χ1) is 9.84. The van der Waals surface area contributed by atoms with Crippen molar-refractivity contribution in [2.45, 2.75) is 12.5 Å². The number of rotatable bonds is 4. The predicted molar refractivity (Wildman–Crippen MR) is 83.0 cm³/mol. The fraction of sp³-hybridized carbons (Fsp3) is 0.133. The molecule has 21 heavy (non-hydrogen) atoms. The van der Waals surface area contributed by atoms with Gasteiger partial charge in [-0.05, 0) is 36.8 Å². The lowest BCUT2D eigenvalue weighted by Gasteiger charge is -2.29. The molecule has 1 amide bonds. The first kappa shape index (κ1) is 15.6. The van der Waals surface area contributed by atoms with Crippen LogP contribution in [0, 0.1) is 5.82 Å². The maximum atomic E-state index is 13.8. The lowest BCUT2D eigenvalue weighted by Crippen LogP contribution is -2.45. The van der Waals surface area contributed by atoms with Gasteiger partial charge in [0, 0.05) is 0 Å². The highest BCUT2D eigenvalue weighted by molar-refractivity contribution is 6.42. The Hall–Kier alpha value is -1.78. The van der Waals surface area contributed by atoms with Gasteiger partial charge in [0.2, 0.25) is 5.91 Å². The third-order valence-electron chi connectivity index (χ3n) is 3.25. The standard InChI is InChI=1S/C15H13Cl2FN2O/c1-15(14(19)21,9-6-7-10(16)11(17)8-9)20-13-5-3-2-4-12(13)18/h2-8,20H,1H3,(H2,19,21). The zero-order chi connectivity index (χ0) is 15.6. The molecule has 1 unspecified atom stereocenters. The minimum Gasteiger partial charge on any atom is -0.367 e. The molecule has 0 spiro atoms. The van der Waals surface area contributed by atoms with E-state index in [2.05, 4.69) is 5.32 Å². The highest BCUT2D eigenvalue weighted by Crippen LogP contribution is 2.31. The molecule has 110 valence electrons. The molecule has 2 aromatic carbocycles. The third kappa shape index (κ3) is 3.12. The Kier molecular flexibility index (Phi) is 4.40. The number of hydrogen-bond donors (Lipinski definition) is 2. The predicted octanol–water partition coefficient (Wildman–Crippen LogP) is 3.95. The summed E-state index contributed by atoms with van der Waals surface area (Å²) < 4.78 is 13.8. The number of amides is 1. The lowest BCUT2D eigenvalue weighted by atomic mass is 9.90. The van der Waals surface area contributed by atoms with Crippen LogP contribution in [0.1, 0.15) is 12.5 Å². The number of benzene rings is 2. The van der Waals surface area contributed by atoms with Crippen LogP contribution < -0.4 is 11.1 Å². The number of para-hydroxylation sites is 1. The minimum absolute atomic E-state index is 0.171. The summed E-state index contributed by atoms with van der Waals surface area (Å²) in [5, 5.41) is 3.48. The molecule has 1 atom stereocenters. The van der Waals surface area contributed by atoms with Gasteiger partial charge in [0.25, 0.3) is 0 Å². The van der Waals surface area contributed by atoms with Crippen LogP contribution in [0.15, 0.2) is 42.5 Å². The van der Waals surface area contributed by atoms with E-state index in [1.165, 1.54) is 18.2 Å². The van der Waals surface area contributed by atoms with Gasteiger partial charge < -0.3 is 11.1 Å². The Bertz CT molecular complexity index is 693. The van der Waals surface area contributed by atoms with Crippen molar-refractivity contribution >= 4 is 34.8 Å². The zero-order valence-corrected chi connectivity index (χ0v) is 12.7. The van der Waals surface area contributed by atoms with Crippen molar-refractivity contribution in [3.8, 4) is 0 Å². The van der Waals surface area contributed by atoms with Gasteiger partial charge in [-0.15, -0.1) is 0 Å². The lowest BCUT2D eigenvalue weighted by molar-refractivity contribution is -0.122. The molecule has 3 nitrogen and oxygen atoms in total. The SMILES string of the molecule is CC(Nc1ccccc1F)(C(N)=O)c1ccc(Cl)c(Cl)c1. The quantitative estimate of drug-likeness (QED) is 0.893. The number of primary amides is 1. The maximum Gasteiger partial charge on any atom is 0.247 e. The Morgan fingerprint density at radius 2 is 1.86 bits per heavy atom. The van der Waals surface area contributed by atoms with Crippen LogP contribution in [0.2, 0.25) is 10.0 Å². The molecule has 0 radical (unpaired) electrons. The van der Waals surface area contributed by atoms with Crippen LogP contribution >= 0.6 is 23.2 Å². The summed E-state index contributed by atoms with van der Waals surface area (Å²) in [6.45, 7) is 1.56. The van der Waals surface area contributed by atoms with E-state index in [1.54, 1.807) is 31.2 Å². The van der Waals surface area contributed by atoms with Gasteiger partial charge in [-0.2, -0.15) is 0 Å². The monoisotopic (exact) mass is 326 g/mol. The largest absolute Gasteiger partial charge is 0.367 e. The van der Waals surface area contributed by atoms with Crippen molar-refractivity contribution in [1.82, 2.24) is 0 Å². The molecule has 0 aliphatic carbocycles. The topological polar surface area (TPSA) is 55.1 Å². The van der Waals surface area contributed by atoms with Gasteiger partial charge in [0.05, 0.1) is 15.7 Å². The van der Waals surface area contributed by atoms with Gasteiger partial charge in [0.1, 0.15) is 11.4 Å². The number of nitrogens with two attached hydrogens (primary N) is 1. The summed E-state index contributed by atoms with van der Waals surface area (Å²) >= 11 is 11.8. The second-order valence-electron chi connectivity index (χ2n) is 4.72. The highest BCUT2D eigenvalue weighted by atomic mass is 35.5. The average Bonchev–Trinajstić information content (AvgIpc) is 2.44. The van der Waals surface area contributed by atoms with Crippen molar-refractivity contribution in [3.63, 3.8) is 0 Å². The summed E-state index contributed by atoms with van der Waals surface area (Å²) in [5.74, 6) is -1.14. The average molecular weight is 327 g/mol. The third-order valence-corrected chi connectivity index (χ3v) is 3.99. The maximum absolute atomic E-state index is 13.8. The number of carbonyl (C=O) groups is 1. The van der Waals surface area contributed by atoms with Gasteiger partial charge in [-0.25, -0.2) is 4.39 Å². The van der Waals surface area contributed by atoms with Crippen LogP contribution in [0.5, 0.6) is 0 Å². The molecular weight excluding hydrogens is 314 g/mol. The Morgan fingerprint density at radius 1 is 1.19 bits per heavy atom. The second-order valence-corrected chi connectivity index (χ2v) is 5.54. The molecule has 0 saturated heterocycles. The number of carbonyl (C=O) groups excluding carboxylic acids is 1. The van der Waals surface area contributed by atoms with E-state index in [-0.39, 0.29) is 10.7 Å². The summed E-state index contributed by atoms with van der Waals surface area (Å²) in [7, 11) is 0. The van der Waals surface area contributed by atoms with Gasteiger partial charge in [0.15, 0.2) is 0 Å². The van der Waals surface area contributed by atoms with E-state index in [9.17, 15) is 9.18 Å².